The minimum atomic E-state index is 0.0262. The number of aryl methyl sites for hydroxylation is 1. The quantitative estimate of drug-likeness (QED) is 0.582. The summed E-state index contributed by atoms with van der Waals surface area (Å²) in [6.45, 7) is 9.52. The minimum Gasteiger partial charge on any atom is -0.491 e. The van der Waals surface area contributed by atoms with Crippen LogP contribution in [0.15, 0.2) is 53.4 Å². The van der Waals surface area contributed by atoms with Crippen LogP contribution in [0.4, 0.5) is 0 Å². The summed E-state index contributed by atoms with van der Waals surface area (Å²) in [5.41, 5.74) is 2.43. The third-order valence-electron chi connectivity index (χ3n) is 3.77. The molecule has 0 atom stereocenters. The number of hydrogen-bond donors (Lipinski definition) is 1. The Bertz CT molecular complexity index is 690. The smallest absolute Gasteiger partial charge is 0.230 e. The minimum absolute atomic E-state index is 0.0262. The average Bonchev–Trinajstić information content (AvgIpc) is 2.58. The van der Waals surface area contributed by atoms with Gasteiger partial charge in [0.2, 0.25) is 5.91 Å². The van der Waals surface area contributed by atoms with E-state index < -0.39 is 0 Å². The van der Waals surface area contributed by atoms with Gasteiger partial charge in [-0.15, -0.1) is 11.8 Å². The molecule has 0 aliphatic rings. The fraction of sp³-hybridized carbons (Fsp3) is 0.381. The van der Waals surface area contributed by atoms with Gasteiger partial charge in [-0.25, -0.2) is 0 Å². The highest BCUT2D eigenvalue weighted by molar-refractivity contribution is 8.00. The van der Waals surface area contributed by atoms with E-state index in [0.29, 0.717) is 18.9 Å². The number of rotatable bonds is 7. The van der Waals surface area contributed by atoms with E-state index in [0.717, 1.165) is 10.6 Å². The van der Waals surface area contributed by atoms with Crippen LogP contribution >= 0.6 is 11.8 Å². The molecule has 134 valence electrons. The molecule has 0 aliphatic heterocycles. The van der Waals surface area contributed by atoms with Gasteiger partial charge in [0.25, 0.3) is 0 Å². The molecule has 0 saturated carbocycles. The number of carbonyl (C=O) groups excluding carboxylic acids is 1. The SMILES string of the molecule is Cc1ccc(SCC(=O)NCCOc2ccccc2C(C)(C)C)cc1. The zero-order valence-electron chi connectivity index (χ0n) is 15.5. The molecule has 2 aromatic rings. The van der Waals surface area contributed by atoms with Gasteiger partial charge in [0.15, 0.2) is 0 Å². The predicted molar refractivity (Wildman–Crippen MR) is 106 cm³/mol. The van der Waals surface area contributed by atoms with Crippen LogP contribution in [-0.4, -0.2) is 24.8 Å². The maximum absolute atomic E-state index is 11.9. The Hall–Kier alpha value is -1.94. The van der Waals surface area contributed by atoms with E-state index in [2.05, 4.69) is 51.2 Å². The van der Waals surface area contributed by atoms with Crippen molar-refractivity contribution < 1.29 is 9.53 Å². The van der Waals surface area contributed by atoms with Crippen LogP contribution < -0.4 is 10.1 Å². The Morgan fingerprint density at radius 1 is 1.08 bits per heavy atom. The summed E-state index contributed by atoms with van der Waals surface area (Å²) in [7, 11) is 0. The molecule has 0 aliphatic carbocycles. The van der Waals surface area contributed by atoms with Gasteiger partial charge in [0, 0.05) is 4.90 Å². The largest absolute Gasteiger partial charge is 0.491 e. The van der Waals surface area contributed by atoms with Crippen LogP contribution in [0, 0.1) is 6.92 Å². The topological polar surface area (TPSA) is 38.3 Å². The highest BCUT2D eigenvalue weighted by atomic mass is 32.2. The second-order valence-electron chi connectivity index (χ2n) is 7.05. The number of thioether (sulfide) groups is 1. The zero-order valence-corrected chi connectivity index (χ0v) is 16.3. The van der Waals surface area contributed by atoms with Crippen LogP contribution in [0.1, 0.15) is 31.9 Å². The lowest BCUT2D eigenvalue weighted by Gasteiger charge is -2.22. The third kappa shape index (κ3) is 6.46. The fourth-order valence-corrected chi connectivity index (χ4v) is 3.13. The highest BCUT2D eigenvalue weighted by Gasteiger charge is 2.18. The number of carbonyl (C=O) groups is 1. The molecule has 0 bridgehead atoms. The summed E-state index contributed by atoms with van der Waals surface area (Å²) in [5.74, 6) is 1.33. The lowest BCUT2D eigenvalue weighted by molar-refractivity contribution is -0.118. The molecule has 4 heteroatoms. The standard InChI is InChI=1S/C21H27NO2S/c1-16-9-11-17(12-10-16)25-15-20(23)22-13-14-24-19-8-6-5-7-18(19)21(2,3)4/h5-12H,13-15H2,1-4H3,(H,22,23). The summed E-state index contributed by atoms with van der Waals surface area (Å²) in [4.78, 5) is 13.0. The molecule has 1 amide bonds. The monoisotopic (exact) mass is 357 g/mol. The number of para-hydroxylation sites is 1. The van der Waals surface area contributed by atoms with E-state index in [1.807, 2.05) is 30.3 Å². The van der Waals surface area contributed by atoms with Crippen LogP contribution in [0.2, 0.25) is 0 Å². The molecule has 0 spiro atoms. The molecule has 0 unspecified atom stereocenters. The lowest BCUT2D eigenvalue weighted by atomic mass is 9.86. The summed E-state index contributed by atoms with van der Waals surface area (Å²) in [6.07, 6.45) is 0. The van der Waals surface area contributed by atoms with Gasteiger partial charge in [-0.05, 0) is 36.1 Å². The van der Waals surface area contributed by atoms with Gasteiger partial charge in [-0.1, -0.05) is 56.7 Å². The number of hydrogen-bond acceptors (Lipinski definition) is 3. The molecule has 0 radical (unpaired) electrons. The molecule has 2 rings (SSSR count). The van der Waals surface area contributed by atoms with Crippen molar-refractivity contribution in [1.29, 1.82) is 0 Å². The molecule has 3 nitrogen and oxygen atoms in total. The molecular formula is C21H27NO2S. The first-order chi connectivity index (χ1) is 11.9. The van der Waals surface area contributed by atoms with Crippen molar-refractivity contribution in [2.24, 2.45) is 0 Å². The van der Waals surface area contributed by atoms with E-state index >= 15 is 0 Å². The molecular weight excluding hydrogens is 330 g/mol. The summed E-state index contributed by atoms with van der Waals surface area (Å²) in [5, 5.41) is 2.91. The van der Waals surface area contributed by atoms with Gasteiger partial charge < -0.3 is 10.1 Å². The van der Waals surface area contributed by atoms with Crippen molar-refractivity contribution in [3.05, 3.63) is 59.7 Å². The van der Waals surface area contributed by atoms with Crippen LogP contribution in [0.25, 0.3) is 0 Å². The van der Waals surface area contributed by atoms with Gasteiger partial charge in [0.1, 0.15) is 12.4 Å². The van der Waals surface area contributed by atoms with Crippen molar-refractivity contribution in [2.45, 2.75) is 38.0 Å². The number of amides is 1. The van der Waals surface area contributed by atoms with E-state index in [4.69, 9.17) is 4.74 Å². The van der Waals surface area contributed by atoms with E-state index in [9.17, 15) is 4.79 Å². The first kappa shape index (κ1) is 19.4. The molecule has 0 heterocycles. The third-order valence-corrected chi connectivity index (χ3v) is 4.78. The summed E-state index contributed by atoms with van der Waals surface area (Å²) in [6, 6.07) is 16.3. The predicted octanol–water partition coefficient (Wildman–Crippen LogP) is 4.58. The lowest BCUT2D eigenvalue weighted by Crippen LogP contribution is -2.29. The number of benzene rings is 2. The van der Waals surface area contributed by atoms with Crippen molar-refractivity contribution in [1.82, 2.24) is 5.32 Å². The fourth-order valence-electron chi connectivity index (χ4n) is 2.40. The Morgan fingerprint density at radius 2 is 1.76 bits per heavy atom. The van der Waals surface area contributed by atoms with E-state index in [1.165, 1.54) is 11.1 Å². The Balaban J connectivity index is 1.72. The molecule has 0 fully saturated rings. The Kier molecular flexibility index (Phi) is 6.94. The maximum atomic E-state index is 11.9. The zero-order chi connectivity index (χ0) is 18.3. The number of ether oxygens (including phenoxy) is 1. The van der Waals surface area contributed by atoms with Gasteiger partial charge in [0.05, 0.1) is 12.3 Å². The molecule has 1 N–H and O–H groups in total. The van der Waals surface area contributed by atoms with Crippen molar-refractivity contribution in [3.63, 3.8) is 0 Å². The van der Waals surface area contributed by atoms with Crippen molar-refractivity contribution >= 4 is 17.7 Å². The number of nitrogens with one attached hydrogen (secondary N) is 1. The Labute approximate surface area is 155 Å². The van der Waals surface area contributed by atoms with Gasteiger partial charge in [-0.2, -0.15) is 0 Å². The van der Waals surface area contributed by atoms with E-state index in [1.54, 1.807) is 11.8 Å². The first-order valence-electron chi connectivity index (χ1n) is 8.55. The summed E-state index contributed by atoms with van der Waals surface area (Å²) >= 11 is 1.54. The molecule has 2 aromatic carbocycles. The van der Waals surface area contributed by atoms with Crippen LogP contribution in [-0.2, 0) is 10.2 Å². The maximum Gasteiger partial charge on any atom is 0.230 e. The Morgan fingerprint density at radius 3 is 2.44 bits per heavy atom. The van der Waals surface area contributed by atoms with Crippen LogP contribution in [0.3, 0.4) is 0 Å². The second-order valence-corrected chi connectivity index (χ2v) is 8.10. The van der Waals surface area contributed by atoms with Gasteiger partial charge >= 0.3 is 0 Å². The van der Waals surface area contributed by atoms with Crippen LogP contribution in [0.5, 0.6) is 5.75 Å². The normalized spacial score (nSPS) is 11.2. The van der Waals surface area contributed by atoms with Gasteiger partial charge in [-0.3, -0.25) is 4.79 Å². The molecule has 0 saturated heterocycles. The van der Waals surface area contributed by atoms with E-state index in [-0.39, 0.29) is 11.3 Å². The van der Waals surface area contributed by atoms with Crippen molar-refractivity contribution in [3.8, 4) is 5.75 Å². The average molecular weight is 358 g/mol. The summed E-state index contributed by atoms with van der Waals surface area (Å²) < 4.78 is 5.87. The molecule has 25 heavy (non-hydrogen) atoms. The second kappa shape index (κ2) is 8.95. The molecule has 0 aromatic heterocycles. The highest BCUT2D eigenvalue weighted by Crippen LogP contribution is 2.30. The van der Waals surface area contributed by atoms with Crippen molar-refractivity contribution in [2.75, 3.05) is 18.9 Å². The first-order valence-corrected chi connectivity index (χ1v) is 9.53.